The monoisotopic (exact) mass is 442 g/mol. The van der Waals surface area contributed by atoms with Crippen molar-refractivity contribution >= 4 is 34.2 Å². The number of ether oxygens (including phenoxy) is 1. The number of carbonyl (C=O) groups excluding carboxylic acids is 3. The van der Waals surface area contributed by atoms with Crippen LogP contribution in [0.1, 0.15) is 59.0 Å². The average Bonchev–Trinajstić information content (AvgIpc) is 3.05. The van der Waals surface area contributed by atoms with E-state index in [1.54, 1.807) is 6.92 Å². The van der Waals surface area contributed by atoms with Crippen molar-refractivity contribution in [3.8, 4) is 11.1 Å². The third-order valence-electron chi connectivity index (χ3n) is 6.00. The molecule has 1 fully saturated rings. The quantitative estimate of drug-likeness (QED) is 0.682. The lowest BCUT2D eigenvalue weighted by molar-refractivity contribution is -0.313. The van der Waals surface area contributed by atoms with Crippen LogP contribution in [0.4, 0.5) is 5.00 Å². The number of anilines is 1. The van der Waals surface area contributed by atoms with E-state index in [0.29, 0.717) is 23.4 Å². The Kier molecular flexibility index (Phi) is 7.15. The summed E-state index contributed by atoms with van der Waals surface area (Å²) < 4.78 is 5.30. The fourth-order valence-corrected chi connectivity index (χ4v) is 5.27. The van der Waals surface area contributed by atoms with Crippen molar-refractivity contribution in [1.29, 1.82) is 0 Å². The van der Waals surface area contributed by atoms with Crippen molar-refractivity contribution in [2.45, 2.75) is 53.4 Å². The highest BCUT2D eigenvalue weighted by molar-refractivity contribution is 7.17. The van der Waals surface area contributed by atoms with Gasteiger partial charge in [0.1, 0.15) is 10.6 Å². The second kappa shape index (κ2) is 9.64. The molecule has 31 heavy (non-hydrogen) atoms. The minimum absolute atomic E-state index is 0.211. The second-order valence-electron chi connectivity index (χ2n) is 8.06. The SMILES string of the molecule is CCOC(=O)c1c(NC(=O)[C@H]2CCCC[C@@H]2C(=O)[O-])sc(C)c1-c1ccc(C)c(C)c1. The smallest absolute Gasteiger partial charge is 0.341 e. The number of amides is 1. The molecule has 1 aromatic heterocycles. The summed E-state index contributed by atoms with van der Waals surface area (Å²) in [4.78, 5) is 38.3. The van der Waals surface area contributed by atoms with Crippen LogP contribution in [0.25, 0.3) is 11.1 Å². The van der Waals surface area contributed by atoms with Crippen LogP contribution in [0.15, 0.2) is 18.2 Å². The standard InChI is InChI=1S/C24H29NO5S/c1-5-30-24(29)20-19(16-11-10-13(2)14(3)12-16)15(4)31-22(20)25-21(26)17-8-6-7-9-18(17)23(27)28/h10-12,17-18H,5-9H2,1-4H3,(H,25,26)(H,27,28)/p-1/t17-,18-/m0/s1. The Morgan fingerprint density at radius 1 is 1.10 bits per heavy atom. The van der Waals surface area contributed by atoms with Crippen LogP contribution in [0.5, 0.6) is 0 Å². The molecule has 166 valence electrons. The first kappa shape index (κ1) is 23.0. The van der Waals surface area contributed by atoms with Crippen LogP contribution < -0.4 is 10.4 Å². The fraction of sp³-hybridized carbons (Fsp3) is 0.458. The lowest BCUT2D eigenvalue weighted by Gasteiger charge is -2.31. The molecule has 1 aliphatic rings. The highest BCUT2D eigenvalue weighted by Crippen LogP contribution is 2.41. The Morgan fingerprint density at radius 2 is 1.77 bits per heavy atom. The highest BCUT2D eigenvalue weighted by Gasteiger charge is 2.33. The summed E-state index contributed by atoms with van der Waals surface area (Å²) in [5.74, 6) is -3.55. The van der Waals surface area contributed by atoms with E-state index in [1.807, 2.05) is 39.0 Å². The molecule has 0 aliphatic heterocycles. The van der Waals surface area contributed by atoms with E-state index in [0.717, 1.165) is 40.0 Å². The third-order valence-corrected chi connectivity index (χ3v) is 7.02. The number of aryl methyl sites for hydroxylation is 3. The van der Waals surface area contributed by atoms with Crippen LogP contribution in [0.2, 0.25) is 0 Å². The van der Waals surface area contributed by atoms with Crippen molar-refractivity contribution < 1.29 is 24.2 Å². The molecule has 2 aromatic rings. The van der Waals surface area contributed by atoms with Crippen LogP contribution in [-0.2, 0) is 14.3 Å². The number of rotatable bonds is 6. The number of carboxylic acids is 1. The lowest BCUT2D eigenvalue weighted by Crippen LogP contribution is -2.42. The van der Waals surface area contributed by atoms with E-state index in [1.165, 1.54) is 11.3 Å². The topological polar surface area (TPSA) is 95.5 Å². The Morgan fingerprint density at radius 3 is 2.39 bits per heavy atom. The maximum absolute atomic E-state index is 13.0. The molecule has 0 bridgehead atoms. The summed E-state index contributed by atoms with van der Waals surface area (Å²) in [6.07, 6.45) is 2.49. The largest absolute Gasteiger partial charge is 0.550 e. The van der Waals surface area contributed by atoms with Crippen molar-refractivity contribution in [3.63, 3.8) is 0 Å². The van der Waals surface area contributed by atoms with E-state index < -0.39 is 23.8 Å². The van der Waals surface area contributed by atoms with Gasteiger partial charge in [-0.05, 0) is 57.2 Å². The molecule has 0 spiro atoms. The van der Waals surface area contributed by atoms with Crippen molar-refractivity contribution in [1.82, 2.24) is 0 Å². The number of carbonyl (C=O) groups is 3. The fourth-order valence-electron chi connectivity index (χ4n) is 4.21. The van der Waals surface area contributed by atoms with Gasteiger partial charge >= 0.3 is 5.97 Å². The maximum atomic E-state index is 13.0. The number of nitrogens with one attached hydrogen (secondary N) is 1. The molecule has 1 aromatic carbocycles. The zero-order chi connectivity index (χ0) is 22.7. The first-order chi connectivity index (χ1) is 14.7. The van der Waals surface area contributed by atoms with Gasteiger partial charge in [-0.3, -0.25) is 4.79 Å². The normalized spacial score (nSPS) is 18.5. The minimum Gasteiger partial charge on any atom is -0.550 e. The number of benzene rings is 1. The predicted molar refractivity (Wildman–Crippen MR) is 119 cm³/mol. The van der Waals surface area contributed by atoms with Gasteiger partial charge in [0.25, 0.3) is 0 Å². The average molecular weight is 443 g/mol. The number of esters is 1. The zero-order valence-electron chi connectivity index (χ0n) is 18.4. The van der Waals surface area contributed by atoms with Crippen molar-refractivity contribution in [2.75, 3.05) is 11.9 Å². The van der Waals surface area contributed by atoms with Gasteiger partial charge < -0.3 is 20.0 Å². The highest BCUT2D eigenvalue weighted by atomic mass is 32.1. The molecule has 2 atom stereocenters. The molecular formula is C24H28NO5S-. The molecule has 1 N–H and O–H groups in total. The summed E-state index contributed by atoms with van der Waals surface area (Å²) in [6, 6.07) is 5.98. The van der Waals surface area contributed by atoms with Gasteiger partial charge in [-0.2, -0.15) is 0 Å². The van der Waals surface area contributed by atoms with Gasteiger partial charge in [0.2, 0.25) is 5.91 Å². The molecule has 0 saturated heterocycles. The van der Waals surface area contributed by atoms with E-state index in [2.05, 4.69) is 5.32 Å². The number of carboxylic acid groups (broad SMARTS) is 1. The predicted octanol–water partition coefficient (Wildman–Crippen LogP) is 4.01. The van der Waals surface area contributed by atoms with Gasteiger partial charge in [-0.15, -0.1) is 11.3 Å². The number of hydrogen-bond acceptors (Lipinski definition) is 6. The van der Waals surface area contributed by atoms with Gasteiger partial charge in [0, 0.05) is 28.2 Å². The molecule has 6 nitrogen and oxygen atoms in total. The molecule has 0 unspecified atom stereocenters. The summed E-state index contributed by atoms with van der Waals surface area (Å²) in [5.41, 5.74) is 4.19. The molecule has 7 heteroatoms. The minimum atomic E-state index is -1.19. The van der Waals surface area contributed by atoms with E-state index in [4.69, 9.17) is 4.74 Å². The Bertz CT molecular complexity index is 1010. The van der Waals surface area contributed by atoms with E-state index in [-0.39, 0.29) is 12.5 Å². The van der Waals surface area contributed by atoms with Gasteiger partial charge in [-0.1, -0.05) is 31.0 Å². The van der Waals surface area contributed by atoms with Crippen LogP contribution >= 0.6 is 11.3 Å². The molecule has 1 heterocycles. The summed E-state index contributed by atoms with van der Waals surface area (Å²) in [6.45, 7) is 7.88. The summed E-state index contributed by atoms with van der Waals surface area (Å²) in [7, 11) is 0. The van der Waals surface area contributed by atoms with Gasteiger partial charge in [0.15, 0.2) is 0 Å². The van der Waals surface area contributed by atoms with E-state index in [9.17, 15) is 19.5 Å². The molecule has 1 saturated carbocycles. The van der Waals surface area contributed by atoms with Crippen LogP contribution in [0, 0.1) is 32.6 Å². The number of hydrogen-bond donors (Lipinski definition) is 1. The summed E-state index contributed by atoms with van der Waals surface area (Å²) >= 11 is 1.31. The molecule has 1 aliphatic carbocycles. The molecule has 1 amide bonds. The molecular weight excluding hydrogens is 414 g/mol. The van der Waals surface area contributed by atoms with E-state index >= 15 is 0 Å². The van der Waals surface area contributed by atoms with Gasteiger partial charge in [-0.25, -0.2) is 4.79 Å². The first-order valence-corrected chi connectivity index (χ1v) is 11.5. The van der Waals surface area contributed by atoms with Crippen LogP contribution in [0.3, 0.4) is 0 Å². The summed E-state index contributed by atoms with van der Waals surface area (Å²) in [5, 5.41) is 14.8. The lowest BCUT2D eigenvalue weighted by atomic mass is 9.78. The Hall–Kier alpha value is -2.67. The number of aliphatic carboxylic acids is 1. The van der Waals surface area contributed by atoms with Crippen molar-refractivity contribution in [3.05, 3.63) is 39.8 Å². The Balaban J connectivity index is 2.02. The number of thiophene rings is 1. The Labute approximate surface area is 186 Å². The maximum Gasteiger partial charge on any atom is 0.341 e. The molecule has 0 radical (unpaired) electrons. The third kappa shape index (κ3) is 4.82. The zero-order valence-corrected chi connectivity index (χ0v) is 19.2. The second-order valence-corrected chi connectivity index (χ2v) is 9.29. The van der Waals surface area contributed by atoms with Crippen molar-refractivity contribution in [2.24, 2.45) is 11.8 Å². The molecule has 3 rings (SSSR count). The van der Waals surface area contributed by atoms with Crippen LogP contribution in [-0.4, -0.2) is 24.5 Å². The first-order valence-electron chi connectivity index (χ1n) is 10.6. The van der Waals surface area contributed by atoms with Gasteiger partial charge in [0.05, 0.1) is 6.61 Å².